The van der Waals surface area contributed by atoms with Crippen LogP contribution >= 0.6 is 0 Å². The quantitative estimate of drug-likeness (QED) is 0.575. The molecule has 0 spiro atoms. The molecule has 0 fully saturated rings. The molecule has 0 bridgehead atoms. The molecule has 0 unspecified atom stereocenters. The zero-order chi connectivity index (χ0) is 20.3. The number of benzene rings is 2. The number of carbonyl (C=O) groups is 1. The summed E-state index contributed by atoms with van der Waals surface area (Å²) in [6.07, 6.45) is -1.21. The first-order valence-corrected chi connectivity index (χ1v) is 9.19. The number of aromatic nitrogens is 2. The molecule has 6 nitrogen and oxygen atoms in total. The van der Waals surface area contributed by atoms with Gasteiger partial charge in [0.05, 0.1) is 12.2 Å². The lowest BCUT2D eigenvalue weighted by Crippen LogP contribution is -2.12. The van der Waals surface area contributed by atoms with Gasteiger partial charge in [-0.15, -0.1) is 0 Å². The van der Waals surface area contributed by atoms with Gasteiger partial charge in [0.15, 0.2) is 6.29 Å². The van der Waals surface area contributed by atoms with Gasteiger partial charge in [-0.2, -0.15) is 5.10 Å². The van der Waals surface area contributed by atoms with Crippen molar-refractivity contribution in [2.75, 3.05) is 5.32 Å². The third-order valence-corrected chi connectivity index (χ3v) is 4.78. The fourth-order valence-corrected chi connectivity index (χ4v) is 3.14. The molecule has 0 atom stereocenters. The highest BCUT2D eigenvalue weighted by Crippen LogP contribution is 2.18. The Balaban J connectivity index is 1.68. The topological polar surface area (TPSA) is 87.4 Å². The Morgan fingerprint density at radius 3 is 2.29 bits per heavy atom. The fourth-order valence-electron chi connectivity index (χ4n) is 3.14. The molecule has 0 radical (unpaired) electrons. The van der Waals surface area contributed by atoms with Gasteiger partial charge in [-0.25, -0.2) is 0 Å². The smallest absolute Gasteiger partial charge is 0.255 e. The summed E-state index contributed by atoms with van der Waals surface area (Å²) in [5.41, 5.74) is 6.08. The summed E-state index contributed by atoms with van der Waals surface area (Å²) in [7, 11) is 0. The van der Waals surface area contributed by atoms with E-state index in [-0.39, 0.29) is 12.3 Å². The standard InChI is InChI=1S/C22H25N3O3/c1-14-4-8-18(9-5-14)22(28)23-19-10-6-17(7-11-19)13-25-16(3)20(12-21(26)27)15(2)24-25/h4-11,21,26-27H,12-13H2,1-3H3,(H,23,28). The van der Waals surface area contributed by atoms with E-state index in [1.807, 2.05) is 74.0 Å². The van der Waals surface area contributed by atoms with Gasteiger partial charge in [-0.1, -0.05) is 29.8 Å². The summed E-state index contributed by atoms with van der Waals surface area (Å²) in [6, 6.07) is 15.1. The zero-order valence-electron chi connectivity index (χ0n) is 16.3. The van der Waals surface area contributed by atoms with Gasteiger partial charge in [0, 0.05) is 28.9 Å². The first-order chi connectivity index (χ1) is 13.3. The maximum Gasteiger partial charge on any atom is 0.255 e. The number of amides is 1. The molecule has 0 aliphatic rings. The molecule has 146 valence electrons. The van der Waals surface area contributed by atoms with Crippen LogP contribution in [-0.4, -0.2) is 32.2 Å². The molecule has 3 rings (SSSR count). The second-order valence-corrected chi connectivity index (χ2v) is 7.01. The van der Waals surface area contributed by atoms with Crippen LogP contribution in [0.2, 0.25) is 0 Å². The third kappa shape index (κ3) is 4.65. The monoisotopic (exact) mass is 379 g/mol. The summed E-state index contributed by atoms with van der Waals surface area (Å²) in [4.78, 5) is 12.3. The molecule has 0 saturated carbocycles. The normalized spacial score (nSPS) is 11.1. The maximum atomic E-state index is 12.3. The molecule has 1 aromatic heterocycles. The first-order valence-electron chi connectivity index (χ1n) is 9.19. The molecule has 3 N–H and O–H groups in total. The summed E-state index contributed by atoms with van der Waals surface area (Å²) in [6.45, 7) is 6.34. The number of hydrogen-bond acceptors (Lipinski definition) is 4. The second kappa shape index (κ2) is 8.37. The lowest BCUT2D eigenvalue weighted by molar-refractivity contribution is -0.0383. The van der Waals surface area contributed by atoms with Gasteiger partial charge in [0.2, 0.25) is 0 Å². The first kappa shape index (κ1) is 19.8. The van der Waals surface area contributed by atoms with Crippen LogP contribution in [0.5, 0.6) is 0 Å². The Hall–Kier alpha value is -2.96. The number of anilines is 1. The number of hydrogen-bond donors (Lipinski definition) is 3. The molecule has 2 aromatic carbocycles. The molecule has 0 aliphatic carbocycles. The van der Waals surface area contributed by atoms with Crippen molar-refractivity contribution in [3.8, 4) is 0 Å². The van der Waals surface area contributed by atoms with Crippen molar-refractivity contribution in [3.63, 3.8) is 0 Å². The molecule has 28 heavy (non-hydrogen) atoms. The van der Waals surface area contributed by atoms with Crippen LogP contribution in [0.1, 0.15) is 38.4 Å². The van der Waals surface area contributed by atoms with Gasteiger partial charge in [-0.3, -0.25) is 9.48 Å². The number of carbonyl (C=O) groups excluding carboxylic acids is 1. The minimum atomic E-state index is -1.38. The molecule has 1 heterocycles. The molecule has 1 amide bonds. The Kier molecular flexibility index (Phi) is 5.92. The lowest BCUT2D eigenvalue weighted by atomic mass is 10.1. The van der Waals surface area contributed by atoms with Gasteiger partial charge >= 0.3 is 0 Å². The molecule has 0 saturated heterocycles. The molecular formula is C22H25N3O3. The fraction of sp³-hybridized carbons (Fsp3) is 0.273. The number of aryl methyl sites for hydroxylation is 2. The van der Waals surface area contributed by atoms with Crippen molar-refractivity contribution in [1.82, 2.24) is 9.78 Å². The van der Waals surface area contributed by atoms with Gasteiger partial charge in [0.1, 0.15) is 0 Å². The van der Waals surface area contributed by atoms with E-state index >= 15 is 0 Å². The predicted octanol–water partition coefficient (Wildman–Crippen LogP) is 2.96. The van der Waals surface area contributed by atoms with Crippen molar-refractivity contribution in [2.45, 2.75) is 40.0 Å². The van der Waals surface area contributed by atoms with Crippen LogP contribution in [0.25, 0.3) is 0 Å². The Bertz CT molecular complexity index is 958. The highest BCUT2D eigenvalue weighted by Gasteiger charge is 2.14. The lowest BCUT2D eigenvalue weighted by Gasteiger charge is -2.09. The van der Waals surface area contributed by atoms with E-state index in [2.05, 4.69) is 10.4 Å². The van der Waals surface area contributed by atoms with Crippen molar-refractivity contribution in [2.24, 2.45) is 0 Å². The Morgan fingerprint density at radius 1 is 1.04 bits per heavy atom. The third-order valence-electron chi connectivity index (χ3n) is 4.78. The highest BCUT2D eigenvalue weighted by atomic mass is 16.5. The van der Waals surface area contributed by atoms with Crippen LogP contribution in [0.15, 0.2) is 48.5 Å². The minimum Gasteiger partial charge on any atom is -0.368 e. The van der Waals surface area contributed by atoms with Gasteiger partial charge in [-0.05, 0) is 50.6 Å². The molecule has 3 aromatic rings. The molecular weight excluding hydrogens is 354 g/mol. The summed E-state index contributed by atoms with van der Waals surface area (Å²) in [5, 5.41) is 25.9. The van der Waals surface area contributed by atoms with E-state index in [1.54, 1.807) is 0 Å². The van der Waals surface area contributed by atoms with E-state index in [0.717, 1.165) is 33.8 Å². The second-order valence-electron chi connectivity index (χ2n) is 7.01. The predicted molar refractivity (Wildman–Crippen MR) is 108 cm³/mol. The SMILES string of the molecule is Cc1ccc(C(=O)Nc2ccc(Cn3nc(C)c(CC(O)O)c3C)cc2)cc1. The van der Waals surface area contributed by atoms with Crippen molar-refractivity contribution < 1.29 is 15.0 Å². The largest absolute Gasteiger partial charge is 0.368 e. The van der Waals surface area contributed by atoms with Crippen LogP contribution in [-0.2, 0) is 13.0 Å². The number of rotatable bonds is 6. The number of nitrogens with zero attached hydrogens (tertiary/aromatic N) is 2. The Morgan fingerprint density at radius 2 is 1.68 bits per heavy atom. The van der Waals surface area contributed by atoms with E-state index in [9.17, 15) is 15.0 Å². The molecule has 6 heteroatoms. The maximum absolute atomic E-state index is 12.3. The van der Waals surface area contributed by atoms with Crippen LogP contribution < -0.4 is 5.32 Å². The van der Waals surface area contributed by atoms with Gasteiger partial charge < -0.3 is 15.5 Å². The summed E-state index contributed by atoms with van der Waals surface area (Å²) in [5.74, 6) is -0.140. The summed E-state index contributed by atoms with van der Waals surface area (Å²) < 4.78 is 1.85. The van der Waals surface area contributed by atoms with Crippen LogP contribution in [0.4, 0.5) is 5.69 Å². The summed E-state index contributed by atoms with van der Waals surface area (Å²) >= 11 is 0. The number of aliphatic hydroxyl groups is 2. The van der Waals surface area contributed by atoms with Gasteiger partial charge in [0.25, 0.3) is 5.91 Å². The number of aliphatic hydroxyl groups excluding tert-OH is 1. The highest BCUT2D eigenvalue weighted by molar-refractivity contribution is 6.04. The zero-order valence-corrected chi connectivity index (χ0v) is 16.3. The number of nitrogens with one attached hydrogen (secondary N) is 1. The van der Waals surface area contributed by atoms with E-state index in [4.69, 9.17) is 0 Å². The van der Waals surface area contributed by atoms with E-state index in [0.29, 0.717) is 12.1 Å². The average molecular weight is 379 g/mol. The average Bonchev–Trinajstić information content (AvgIpc) is 2.91. The van der Waals surface area contributed by atoms with Crippen molar-refractivity contribution in [1.29, 1.82) is 0 Å². The van der Waals surface area contributed by atoms with Crippen molar-refractivity contribution >= 4 is 11.6 Å². The van der Waals surface area contributed by atoms with E-state index in [1.165, 1.54) is 0 Å². The minimum absolute atomic E-state index is 0.140. The van der Waals surface area contributed by atoms with Crippen molar-refractivity contribution in [3.05, 3.63) is 82.2 Å². The van der Waals surface area contributed by atoms with Crippen LogP contribution in [0, 0.1) is 20.8 Å². The van der Waals surface area contributed by atoms with E-state index < -0.39 is 6.29 Å². The Labute approximate surface area is 164 Å². The van der Waals surface area contributed by atoms with Crippen LogP contribution in [0.3, 0.4) is 0 Å². The molecule has 0 aliphatic heterocycles.